The van der Waals surface area contributed by atoms with E-state index in [1.165, 1.54) is 10.6 Å². The maximum atomic E-state index is 13.2. The van der Waals surface area contributed by atoms with Crippen LogP contribution < -0.4 is 9.62 Å². The van der Waals surface area contributed by atoms with Crippen LogP contribution in [-0.2, 0) is 26.0 Å². The third-order valence-electron chi connectivity index (χ3n) is 5.67. The van der Waals surface area contributed by atoms with Crippen molar-refractivity contribution in [3.63, 3.8) is 0 Å². The zero-order valence-electron chi connectivity index (χ0n) is 20.7. The van der Waals surface area contributed by atoms with Crippen molar-refractivity contribution >= 4 is 27.5 Å². The number of carbonyl (C=O) groups excluding carboxylic acids is 2. The Hall–Kier alpha value is -2.87. The van der Waals surface area contributed by atoms with Gasteiger partial charge >= 0.3 is 0 Å². The number of nitrogens with one attached hydrogen (secondary N) is 1. The molecule has 0 aliphatic carbocycles. The topological polar surface area (TPSA) is 86.8 Å². The van der Waals surface area contributed by atoms with Gasteiger partial charge in [0.2, 0.25) is 21.8 Å². The second-order valence-corrected chi connectivity index (χ2v) is 10.5. The molecule has 1 atom stereocenters. The predicted molar refractivity (Wildman–Crippen MR) is 137 cm³/mol. The van der Waals surface area contributed by atoms with Crippen molar-refractivity contribution in [2.45, 2.75) is 52.5 Å². The Morgan fingerprint density at radius 2 is 1.65 bits per heavy atom. The average molecular weight is 488 g/mol. The zero-order valence-corrected chi connectivity index (χ0v) is 21.5. The summed E-state index contributed by atoms with van der Waals surface area (Å²) in [5, 5.41) is 2.87. The van der Waals surface area contributed by atoms with Crippen LogP contribution in [0.3, 0.4) is 0 Å². The lowest BCUT2D eigenvalue weighted by atomic mass is 10.1. The van der Waals surface area contributed by atoms with E-state index >= 15 is 0 Å². The normalized spacial score (nSPS) is 12.1. The van der Waals surface area contributed by atoms with E-state index in [1.807, 2.05) is 56.3 Å². The maximum absolute atomic E-state index is 13.2. The van der Waals surface area contributed by atoms with Gasteiger partial charge in [0.05, 0.1) is 11.9 Å². The third-order valence-corrected chi connectivity index (χ3v) is 6.87. The lowest BCUT2D eigenvalue weighted by Crippen LogP contribution is -2.49. The van der Waals surface area contributed by atoms with Crippen LogP contribution in [0.25, 0.3) is 0 Å². The van der Waals surface area contributed by atoms with Crippen molar-refractivity contribution in [3.05, 3.63) is 65.7 Å². The van der Waals surface area contributed by atoms with E-state index in [0.29, 0.717) is 31.6 Å². The average Bonchev–Trinajstić information content (AvgIpc) is 2.81. The van der Waals surface area contributed by atoms with E-state index in [2.05, 4.69) is 5.32 Å². The number of benzene rings is 2. The van der Waals surface area contributed by atoms with E-state index in [9.17, 15) is 18.0 Å². The summed E-state index contributed by atoms with van der Waals surface area (Å²) in [6, 6.07) is 16.5. The molecular weight excluding hydrogens is 450 g/mol. The smallest absolute Gasteiger partial charge is 0.242 e. The second kappa shape index (κ2) is 13.1. The van der Waals surface area contributed by atoms with Crippen molar-refractivity contribution in [1.29, 1.82) is 0 Å². The minimum Gasteiger partial charge on any atom is -0.354 e. The Bertz CT molecular complexity index is 1020. The van der Waals surface area contributed by atoms with Gasteiger partial charge in [-0.05, 0) is 50.8 Å². The van der Waals surface area contributed by atoms with E-state index in [4.69, 9.17) is 0 Å². The summed E-state index contributed by atoms with van der Waals surface area (Å²) in [5.74, 6) is -0.340. The van der Waals surface area contributed by atoms with Gasteiger partial charge in [0, 0.05) is 26.1 Å². The fourth-order valence-electron chi connectivity index (χ4n) is 3.68. The quantitative estimate of drug-likeness (QED) is 0.468. The lowest BCUT2D eigenvalue weighted by Gasteiger charge is -2.29. The number of sulfonamides is 1. The van der Waals surface area contributed by atoms with Crippen LogP contribution in [0.5, 0.6) is 0 Å². The Morgan fingerprint density at radius 3 is 2.24 bits per heavy atom. The number of hydrogen-bond acceptors (Lipinski definition) is 4. The van der Waals surface area contributed by atoms with Gasteiger partial charge in [0.1, 0.15) is 6.04 Å². The molecular formula is C26H37N3O4S. The first-order valence-corrected chi connectivity index (χ1v) is 13.6. The Balaban J connectivity index is 2.08. The van der Waals surface area contributed by atoms with Crippen LogP contribution >= 0.6 is 0 Å². The molecule has 186 valence electrons. The minimum atomic E-state index is -3.49. The summed E-state index contributed by atoms with van der Waals surface area (Å²) in [5.41, 5.74) is 2.70. The first-order chi connectivity index (χ1) is 16.1. The van der Waals surface area contributed by atoms with Gasteiger partial charge in [-0.15, -0.1) is 0 Å². The molecule has 2 rings (SSSR count). The van der Waals surface area contributed by atoms with Crippen LogP contribution in [-0.4, -0.2) is 57.1 Å². The standard InChI is InChI=1S/C26H37N3O4S/c1-5-18-27-26(31)22(3)28(20-17-23-10-7-6-8-11-23)25(30)12-9-19-29(34(4,32)33)24-15-13-21(2)14-16-24/h6-8,10-11,13-16,22H,5,9,12,17-20H2,1-4H3,(H,27,31)/t22-/m0/s1. The molecule has 2 amide bonds. The summed E-state index contributed by atoms with van der Waals surface area (Å²) in [6.07, 6.45) is 3.12. The van der Waals surface area contributed by atoms with E-state index in [0.717, 1.165) is 17.5 Å². The number of amides is 2. The van der Waals surface area contributed by atoms with Crippen molar-refractivity contribution in [2.24, 2.45) is 0 Å². The van der Waals surface area contributed by atoms with Crippen LogP contribution in [0.1, 0.15) is 44.2 Å². The molecule has 0 fully saturated rings. The summed E-state index contributed by atoms with van der Waals surface area (Å²) in [7, 11) is -3.49. The number of hydrogen-bond donors (Lipinski definition) is 1. The Labute approximate surface area is 204 Å². The molecule has 0 aromatic heterocycles. The first kappa shape index (κ1) is 27.4. The molecule has 0 saturated heterocycles. The first-order valence-electron chi connectivity index (χ1n) is 11.8. The highest BCUT2D eigenvalue weighted by molar-refractivity contribution is 7.92. The monoisotopic (exact) mass is 487 g/mol. The Morgan fingerprint density at radius 1 is 1.00 bits per heavy atom. The van der Waals surface area contributed by atoms with Crippen LogP contribution in [0.2, 0.25) is 0 Å². The molecule has 34 heavy (non-hydrogen) atoms. The Kier molecular flexibility index (Phi) is 10.6. The largest absolute Gasteiger partial charge is 0.354 e. The molecule has 0 heterocycles. The van der Waals surface area contributed by atoms with E-state index < -0.39 is 16.1 Å². The van der Waals surface area contributed by atoms with E-state index in [-0.39, 0.29) is 24.8 Å². The van der Waals surface area contributed by atoms with Crippen LogP contribution in [0.4, 0.5) is 5.69 Å². The summed E-state index contributed by atoms with van der Waals surface area (Å²) in [6.45, 7) is 6.82. The summed E-state index contributed by atoms with van der Waals surface area (Å²) >= 11 is 0. The van der Waals surface area contributed by atoms with Crippen molar-refractivity contribution < 1.29 is 18.0 Å². The molecule has 0 unspecified atom stereocenters. The van der Waals surface area contributed by atoms with Crippen molar-refractivity contribution in [3.8, 4) is 0 Å². The van der Waals surface area contributed by atoms with Gasteiger partial charge in [-0.3, -0.25) is 13.9 Å². The molecule has 8 heteroatoms. The van der Waals surface area contributed by atoms with Gasteiger partial charge in [0.15, 0.2) is 0 Å². The molecule has 1 N–H and O–H groups in total. The highest BCUT2D eigenvalue weighted by Crippen LogP contribution is 2.19. The number of aryl methyl sites for hydroxylation is 1. The zero-order chi connectivity index (χ0) is 25.1. The van der Waals surface area contributed by atoms with Crippen molar-refractivity contribution in [2.75, 3.05) is 30.2 Å². The van der Waals surface area contributed by atoms with Gasteiger partial charge < -0.3 is 10.2 Å². The molecule has 0 bridgehead atoms. The molecule has 7 nitrogen and oxygen atoms in total. The molecule has 0 spiro atoms. The fourth-order valence-corrected chi connectivity index (χ4v) is 4.65. The molecule has 2 aromatic rings. The van der Waals surface area contributed by atoms with E-state index in [1.54, 1.807) is 24.0 Å². The van der Waals surface area contributed by atoms with Crippen LogP contribution in [0, 0.1) is 6.92 Å². The number of nitrogens with zero attached hydrogens (tertiary/aromatic N) is 2. The van der Waals surface area contributed by atoms with Crippen molar-refractivity contribution in [1.82, 2.24) is 10.2 Å². The highest BCUT2D eigenvalue weighted by atomic mass is 32.2. The van der Waals surface area contributed by atoms with Gasteiger partial charge in [-0.2, -0.15) is 0 Å². The number of anilines is 1. The predicted octanol–water partition coefficient (Wildman–Crippen LogP) is 3.53. The lowest BCUT2D eigenvalue weighted by molar-refractivity contribution is -0.139. The number of carbonyl (C=O) groups is 2. The van der Waals surface area contributed by atoms with Gasteiger partial charge in [0.25, 0.3) is 0 Å². The molecule has 0 radical (unpaired) electrons. The molecule has 0 saturated carbocycles. The SMILES string of the molecule is CCCNC(=O)[C@H](C)N(CCc1ccccc1)C(=O)CCCN(c1ccc(C)cc1)S(C)(=O)=O. The van der Waals surface area contributed by atoms with Gasteiger partial charge in [-0.25, -0.2) is 8.42 Å². The number of rotatable bonds is 13. The highest BCUT2D eigenvalue weighted by Gasteiger charge is 2.26. The maximum Gasteiger partial charge on any atom is 0.242 e. The molecule has 2 aromatic carbocycles. The minimum absolute atomic E-state index is 0.151. The van der Waals surface area contributed by atoms with Crippen LogP contribution in [0.15, 0.2) is 54.6 Å². The summed E-state index contributed by atoms with van der Waals surface area (Å²) < 4.78 is 26.0. The molecule has 0 aliphatic heterocycles. The summed E-state index contributed by atoms with van der Waals surface area (Å²) in [4.78, 5) is 27.4. The second-order valence-electron chi connectivity index (χ2n) is 8.56. The fraction of sp³-hybridized carbons (Fsp3) is 0.462. The third kappa shape index (κ3) is 8.48. The molecule has 0 aliphatic rings. The van der Waals surface area contributed by atoms with Gasteiger partial charge in [-0.1, -0.05) is 55.0 Å².